The van der Waals surface area contributed by atoms with Crippen molar-refractivity contribution < 1.29 is 9.50 Å². The maximum Gasteiger partial charge on any atom is 0.144 e. The molecule has 0 bridgehead atoms. The van der Waals surface area contributed by atoms with Crippen LogP contribution in [0.25, 0.3) is 0 Å². The summed E-state index contributed by atoms with van der Waals surface area (Å²) >= 11 is 5.78. The number of hydrogen-bond acceptors (Lipinski definition) is 2. The summed E-state index contributed by atoms with van der Waals surface area (Å²) in [5, 5.41) is 9.77. The van der Waals surface area contributed by atoms with Gasteiger partial charge in [0.25, 0.3) is 0 Å². The fourth-order valence-electron chi connectivity index (χ4n) is 2.44. The predicted octanol–water partition coefficient (Wildman–Crippen LogP) is 2.76. The highest BCUT2D eigenvalue weighted by Gasteiger charge is 2.36. The molecule has 1 aromatic carbocycles. The quantitative estimate of drug-likeness (QED) is 0.836. The Morgan fingerprint density at radius 1 is 1.44 bits per heavy atom. The third kappa shape index (κ3) is 3.02. The first kappa shape index (κ1) is 13.8. The van der Waals surface area contributed by atoms with E-state index in [-0.39, 0.29) is 17.4 Å². The summed E-state index contributed by atoms with van der Waals surface area (Å²) in [4.78, 5) is 0. The third-order valence-electron chi connectivity index (χ3n) is 3.78. The van der Waals surface area contributed by atoms with Gasteiger partial charge in [0.15, 0.2) is 0 Å². The first-order chi connectivity index (χ1) is 8.60. The molecule has 1 unspecified atom stereocenters. The summed E-state index contributed by atoms with van der Waals surface area (Å²) in [5.41, 5.74) is 5.95. The fourth-order valence-corrected chi connectivity index (χ4v) is 2.63. The minimum Gasteiger partial charge on any atom is -0.396 e. The first-order valence-corrected chi connectivity index (χ1v) is 6.72. The normalized spacial score (nSPS) is 18.7. The van der Waals surface area contributed by atoms with Crippen LogP contribution in [0.5, 0.6) is 0 Å². The topological polar surface area (TPSA) is 46.2 Å². The molecule has 0 spiro atoms. The van der Waals surface area contributed by atoms with Gasteiger partial charge in [0, 0.05) is 12.0 Å². The molecule has 1 aromatic rings. The molecule has 1 saturated carbocycles. The molecule has 100 valence electrons. The summed E-state index contributed by atoms with van der Waals surface area (Å²) in [6, 6.07) is 4.98. The monoisotopic (exact) mass is 271 g/mol. The van der Waals surface area contributed by atoms with E-state index in [9.17, 15) is 9.50 Å². The molecule has 3 N–H and O–H groups in total. The second-order valence-corrected chi connectivity index (χ2v) is 5.81. The minimum absolute atomic E-state index is 0.00798. The van der Waals surface area contributed by atoms with Crippen molar-refractivity contribution in [1.29, 1.82) is 0 Å². The van der Waals surface area contributed by atoms with Crippen LogP contribution < -0.4 is 5.73 Å². The second kappa shape index (κ2) is 5.55. The van der Waals surface area contributed by atoms with Crippen molar-refractivity contribution in [3.63, 3.8) is 0 Å². The number of benzene rings is 1. The van der Waals surface area contributed by atoms with Crippen LogP contribution in [0.1, 0.15) is 24.8 Å². The van der Waals surface area contributed by atoms with E-state index in [1.54, 1.807) is 12.1 Å². The first-order valence-electron chi connectivity index (χ1n) is 6.34. The molecule has 1 aliphatic carbocycles. The molecule has 0 heterocycles. The van der Waals surface area contributed by atoms with Crippen molar-refractivity contribution in [3.05, 3.63) is 34.6 Å². The SMILES string of the molecule is NCC(CO)(Cc1cccc(Cl)c1F)CC1CC1. The third-order valence-corrected chi connectivity index (χ3v) is 4.08. The van der Waals surface area contributed by atoms with Crippen LogP contribution in [-0.2, 0) is 6.42 Å². The Kier molecular flexibility index (Phi) is 4.25. The largest absolute Gasteiger partial charge is 0.396 e. The Morgan fingerprint density at radius 2 is 2.17 bits per heavy atom. The van der Waals surface area contributed by atoms with E-state index in [1.165, 1.54) is 18.9 Å². The van der Waals surface area contributed by atoms with Crippen LogP contribution in [0.15, 0.2) is 18.2 Å². The number of hydrogen-bond donors (Lipinski definition) is 2. The van der Waals surface area contributed by atoms with Gasteiger partial charge in [0.05, 0.1) is 11.6 Å². The highest BCUT2D eigenvalue weighted by Crippen LogP contribution is 2.41. The molecule has 1 aliphatic rings. The maximum atomic E-state index is 13.9. The van der Waals surface area contributed by atoms with Gasteiger partial charge in [-0.3, -0.25) is 0 Å². The van der Waals surface area contributed by atoms with Crippen LogP contribution in [0, 0.1) is 17.2 Å². The van der Waals surface area contributed by atoms with Gasteiger partial charge in [0.2, 0.25) is 0 Å². The molecule has 1 atom stereocenters. The van der Waals surface area contributed by atoms with Crippen molar-refractivity contribution >= 4 is 11.6 Å². The van der Waals surface area contributed by atoms with Gasteiger partial charge in [-0.15, -0.1) is 0 Å². The Morgan fingerprint density at radius 3 is 2.72 bits per heavy atom. The summed E-state index contributed by atoms with van der Waals surface area (Å²) in [6.07, 6.45) is 3.70. The molecule has 0 saturated heterocycles. The minimum atomic E-state index is -0.410. The smallest absolute Gasteiger partial charge is 0.144 e. The van der Waals surface area contributed by atoms with E-state index in [1.807, 2.05) is 0 Å². The molecule has 2 nitrogen and oxygen atoms in total. The van der Waals surface area contributed by atoms with Gasteiger partial charge in [0.1, 0.15) is 5.82 Å². The highest BCUT2D eigenvalue weighted by atomic mass is 35.5. The van der Waals surface area contributed by atoms with Crippen molar-refractivity contribution in [3.8, 4) is 0 Å². The van der Waals surface area contributed by atoms with E-state index < -0.39 is 5.41 Å². The lowest BCUT2D eigenvalue weighted by molar-refractivity contribution is 0.115. The molecule has 18 heavy (non-hydrogen) atoms. The van der Waals surface area contributed by atoms with Crippen molar-refractivity contribution in [1.82, 2.24) is 0 Å². The maximum absolute atomic E-state index is 13.9. The van der Waals surface area contributed by atoms with Crippen LogP contribution in [0.3, 0.4) is 0 Å². The van der Waals surface area contributed by atoms with Crippen molar-refractivity contribution in [2.45, 2.75) is 25.7 Å². The Hall–Kier alpha value is -0.640. The van der Waals surface area contributed by atoms with Gasteiger partial charge >= 0.3 is 0 Å². The standard InChI is InChI=1S/C14H19ClFNO/c15-12-3-1-2-11(13(12)16)7-14(8-17,9-18)6-10-4-5-10/h1-3,10,18H,4-9,17H2. The second-order valence-electron chi connectivity index (χ2n) is 5.40. The molecule has 0 aromatic heterocycles. The lowest BCUT2D eigenvalue weighted by Gasteiger charge is -2.31. The van der Waals surface area contributed by atoms with Crippen LogP contribution >= 0.6 is 11.6 Å². The van der Waals surface area contributed by atoms with E-state index in [2.05, 4.69) is 0 Å². The van der Waals surface area contributed by atoms with Gasteiger partial charge in [-0.1, -0.05) is 36.6 Å². The van der Waals surface area contributed by atoms with Crippen LogP contribution in [0.2, 0.25) is 5.02 Å². The van der Waals surface area contributed by atoms with Crippen LogP contribution in [-0.4, -0.2) is 18.3 Å². The number of rotatable bonds is 6. The van der Waals surface area contributed by atoms with E-state index in [0.717, 1.165) is 6.42 Å². The average molecular weight is 272 g/mol. The predicted molar refractivity (Wildman–Crippen MR) is 71.0 cm³/mol. The zero-order valence-corrected chi connectivity index (χ0v) is 11.1. The summed E-state index contributed by atoms with van der Waals surface area (Å²) < 4.78 is 13.9. The number of aliphatic hydroxyl groups is 1. The molecule has 4 heteroatoms. The van der Waals surface area contributed by atoms with E-state index >= 15 is 0 Å². The van der Waals surface area contributed by atoms with Crippen LogP contribution in [0.4, 0.5) is 4.39 Å². The molecule has 0 amide bonds. The van der Waals surface area contributed by atoms with Crippen molar-refractivity contribution in [2.75, 3.05) is 13.2 Å². The molecule has 2 rings (SSSR count). The highest BCUT2D eigenvalue weighted by molar-refractivity contribution is 6.30. The lowest BCUT2D eigenvalue weighted by atomic mass is 9.77. The average Bonchev–Trinajstić information content (AvgIpc) is 3.18. The van der Waals surface area contributed by atoms with Gasteiger partial charge in [-0.25, -0.2) is 4.39 Å². The molecular weight excluding hydrogens is 253 g/mol. The lowest BCUT2D eigenvalue weighted by Crippen LogP contribution is -2.37. The van der Waals surface area contributed by atoms with Crippen molar-refractivity contribution in [2.24, 2.45) is 17.1 Å². The zero-order valence-electron chi connectivity index (χ0n) is 10.3. The molecule has 0 aliphatic heterocycles. The number of aliphatic hydroxyl groups excluding tert-OH is 1. The van der Waals surface area contributed by atoms with Gasteiger partial charge in [-0.2, -0.15) is 0 Å². The van der Waals surface area contributed by atoms with E-state index in [0.29, 0.717) is 24.4 Å². The van der Waals surface area contributed by atoms with E-state index in [4.69, 9.17) is 17.3 Å². The Bertz CT molecular complexity index is 416. The number of halogens is 2. The Labute approximate surface area is 112 Å². The fraction of sp³-hybridized carbons (Fsp3) is 0.571. The van der Waals surface area contributed by atoms with Gasteiger partial charge < -0.3 is 10.8 Å². The number of nitrogens with two attached hydrogens (primary N) is 1. The Balaban J connectivity index is 2.19. The molecular formula is C14H19ClFNO. The molecule has 0 radical (unpaired) electrons. The summed E-state index contributed by atoms with van der Waals surface area (Å²) in [7, 11) is 0. The van der Waals surface area contributed by atoms with Gasteiger partial charge in [-0.05, 0) is 30.4 Å². The zero-order chi connectivity index (χ0) is 13.2. The summed E-state index contributed by atoms with van der Waals surface area (Å²) in [5.74, 6) is 0.254. The summed E-state index contributed by atoms with van der Waals surface area (Å²) in [6.45, 7) is 0.359. The molecule has 1 fully saturated rings.